The molecule has 2 heterocycles. The molecule has 0 spiro atoms. The zero-order valence-corrected chi connectivity index (χ0v) is 27.6. The fourth-order valence-electron chi connectivity index (χ4n) is 6.01. The summed E-state index contributed by atoms with van der Waals surface area (Å²) < 4.78 is 2.39. The lowest BCUT2D eigenvalue weighted by Gasteiger charge is -2.17. The first-order valence-corrected chi connectivity index (χ1v) is 16.8. The van der Waals surface area contributed by atoms with Gasteiger partial charge in [-0.1, -0.05) is 99.2 Å². The summed E-state index contributed by atoms with van der Waals surface area (Å²) in [5.41, 5.74) is 13.9. The molecule has 7 nitrogen and oxygen atoms in total. The van der Waals surface area contributed by atoms with Gasteiger partial charge in [-0.2, -0.15) is 0 Å². The molecule has 2 aromatic carbocycles. The van der Waals surface area contributed by atoms with E-state index in [9.17, 15) is 4.79 Å². The number of nitrogens with one attached hydrogen (secondary N) is 1. The topological polar surface area (TPSA) is 89.1 Å². The minimum absolute atomic E-state index is 0.0364. The lowest BCUT2D eigenvalue weighted by atomic mass is 10.1. The van der Waals surface area contributed by atoms with Crippen molar-refractivity contribution >= 4 is 33.7 Å². The highest BCUT2D eigenvalue weighted by molar-refractivity contribution is 6.06. The van der Waals surface area contributed by atoms with Gasteiger partial charge >= 0.3 is 0 Å². The first kappa shape index (κ1) is 32.9. The zero-order valence-electron chi connectivity index (χ0n) is 27.6. The number of carbonyl (C=O) groups excluding carboxylic acids is 1. The molecular formula is C39H48N6O. The maximum Gasteiger partial charge on any atom is 0.224 e. The van der Waals surface area contributed by atoms with Gasteiger partial charge in [0.25, 0.3) is 0 Å². The molecule has 0 saturated carbocycles. The average molecular weight is 617 g/mol. The minimum Gasteiger partial charge on any atom is -0.382 e. The van der Waals surface area contributed by atoms with Gasteiger partial charge in [0.2, 0.25) is 5.91 Å². The van der Waals surface area contributed by atoms with Crippen molar-refractivity contribution in [3.8, 4) is 0 Å². The van der Waals surface area contributed by atoms with E-state index in [-0.39, 0.29) is 5.91 Å². The van der Waals surface area contributed by atoms with Crippen LogP contribution < -0.4 is 11.1 Å². The number of nitrogens with two attached hydrogens (primary N) is 1. The molecular weight excluding hydrogens is 568 g/mol. The van der Waals surface area contributed by atoms with Gasteiger partial charge in [0.05, 0.1) is 17.5 Å². The van der Waals surface area contributed by atoms with Crippen molar-refractivity contribution in [2.24, 2.45) is 0 Å². The summed E-state index contributed by atoms with van der Waals surface area (Å²) in [6.45, 7) is 7.67. The van der Waals surface area contributed by atoms with Gasteiger partial charge in [-0.25, -0.2) is 9.97 Å². The number of anilines is 1. The molecule has 0 fully saturated rings. The second kappa shape index (κ2) is 16.2. The van der Waals surface area contributed by atoms with Crippen LogP contribution in [0.15, 0.2) is 96.1 Å². The molecule has 4 aromatic rings. The van der Waals surface area contributed by atoms with Gasteiger partial charge in [-0.15, -0.1) is 0 Å². The van der Waals surface area contributed by atoms with Crippen LogP contribution in [0.4, 0.5) is 5.82 Å². The van der Waals surface area contributed by atoms with E-state index >= 15 is 0 Å². The number of aromatic nitrogens is 3. The van der Waals surface area contributed by atoms with Gasteiger partial charge in [-0.05, 0) is 67.6 Å². The minimum atomic E-state index is 0.0364. The van der Waals surface area contributed by atoms with E-state index < -0.39 is 0 Å². The van der Waals surface area contributed by atoms with Crippen molar-refractivity contribution in [1.82, 2.24) is 24.8 Å². The molecule has 46 heavy (non-hydrogen) atoms. The lowest BCUT2D eigenvalue weighted by Crippen LogP contribution is -2.27. The molecule has 2 aromatic heterocycles. The Labute approximate surface area is 273 Å². The van der Waals surface area contributed by atoms with Gasteiger partial charge in [0.1, 0.15) is 11.3 Å². The van der Waals surface area contributed by atoms with Crippen molar-refractivity contribution in [1.29, 1.82) is 0 Å². The van der Waals surface area contributed by atoms with E-state index in [1.165, 1.54) is 11.1 Å². The van der Waals surface area contributed by atoms with Gasteiger partial charge in [0, 0.05) is 31.4 Å². The summed E-state index contributed by atoms with van der Waals surface area (Å²) in [4.78, 5) is 24.6. The molecule has 0 unspecified atom stereocenters. The number of rotatable bonds is 15. The number of imidazole rings is 1. The quantitative estimate of drug-likeness (QED) is 0.135. The highest BCUT2D eigenvalue weighted by Gasteiger charge is 2.17. The third kappa shape index (κ3) is 8.61. The largest absolute Gasteiger partial charge is 0.382 e. The normalized spacial score (nSPS) is 16.9. The Balaban J connectivity index is 1.11. The molecule has 0 aliphatic heterocycles. The van der Waals surface area contributed by atoms with E-state index in [2.05, 4.69) is 95.3 Å². The molecule has 0 radical (unpaired) electrons. The zero-order chi connectivity index (χ0) is 32.3. The number of fused-ring (bicyclic) bond motifs is 3. The number of benzene rings is 2. The number of pyridine rings is 1. The van der Waals surface area contributed by atoms with Crippen LogP contribution in [0.5, 0.6) is 0 Å². The summed E-state index contributed by atoms with van der Waals surface area (Å²) in [5.74, 6) is 1.66. The SMILES string of the molecule is CCCCc1nc2c(N)nc3ccccc3c2n1CCCCN(C)Cc1ccc(CC(=O)NCC2=C/C(CC)=C\C=C/C=C\2)cc1. The molecule has 7 heteroatoms. The summed E-state index contributed by atoms with van der Waals surface area (Å²) in [6, 6.07) is 16.7. The van der Waals surface area contributed by atoms with Crippen molar-refractivity contribution < 1.29 is 4.79 Å². The van der Waals surface area contributed by atoms with Gasteiger partial charge in [0.15, 0.2) is 5.82 Å². The Bertz CT molecular complexity index is 1760. The molecule has 1 amide bonds. The maximum atomic E-state index is 12.7. The number of nitrogens with zero attached hydrogens (tertiary/aromatic N) is 4. The first-order chi connectivity index (χ1) is 22.4. The number of unbranched alkanes of at least 4 members (excludes halogenated alkanes) is 2. The summed E-state index contributed by atoms with van der Waals surface area (Å²) >= 11 is 0. The van der Waals surface area contributed by atoms with Gasteiger partial charge in [-0.3, -0.25) is 4.79 Å². The van der Waals surface area contributed by atoms with Crippen LogP contribution in [-0.2, 0) is 30.7 Å². The molecule has 5 rings (SSSR count). The number of para-hydroxylation sites is 1. The molecule has 240 valence electrons. The molecule has 0 atom stereocenters. The third-order valence-electron chi connectivity index (χ3n) is 8.57. The van der Waals surface area contributed by atoms with Crippen LogP contribution in [-0.4, -0.2) is 45.5 Å². The molecule has 0 bridgehead atoms. The Kier molecular flexibility index (Phi) is 11.6. The number of nitrogen functional groups attached to an aromatic ring is 1. The van der Waals surface area contributed by atoms with E-state index in [0.717, 1.165) is 97.1 Å². The van der Waals surface area contributed by atoms with E-state index in [4.69, 9.17) is 10.7 Å². The number of carbonyl (C=O) groups is 1. The van der Waals surface area contributed by atoms with Crippen LogP contribution in [0, 0.1) is 0 Å². The maximum absolute atomic E-state index is 12.7. The number of amides is 1. The van der Waals surface area contributed by atoms with Crippen LogP contribution in [0.1, 0.15) is 62.9 Å². The molecule has 1 aliphatic rings. The van der Waals surface area contributed by atoms with E-state index in [0.29, 0.717) is 18.8 Å². The summed E-state index contributed by atoms with van der Waals surface area (Å²) in [5, 5.41) is 4.20. The fourth-order valence-corrected chi connectivity index (χ4v) is 6.01. The molecule has 3 N–H and O–H groups in total. The monoisotopic (exact) mass is 616 g/mol. The number of allylic oxidation sites excluding steroid dienone is 6. The standard InChI is InChI=1S/C39H48N6O/c1-4-6-18-35-43-37-38(33-16-10-11-17-34(33)42-39(37)40)45(35)24-13-12-23-44(3)28-31-21-19-30(20-22-31)26-36(46)41-27-32-15-9-7-8-14-29(5-2)25-32/h7-11,14-17,19-22,25H,4-6,12-13,18,23-24,26-28H2,1-3H3,(H2,40,42)(H,41,46)/b8-7-,9-7?,14-8?,15-9-,29-14-,29-25?,32-15?,32-25+. The average Bonchev–Trinajstić information content (AvgIpc) is 3.41. The van der Waals surface area contributed by atoms with E-state index in [1.54, 1.807) is 0 Å². The number of aryl methyl sites for hydroxylation is 2. The fraction of sp³-hybridized carbons (Fsp3) is 0.359. The van der Waals surface area contributed by atoms with Crippen LogP contribution in [0.2, 0.25) is 0 Å². The highest BCUT2D eigenvalue weighted by atomic mass is 16.1. The molecule has 0 saturated heterocycles. The Hall–Kier alpha value is -4.49. The highest BCUT2D eigenvalue weighted by Crippen LogP contribution is 2.29. The summed E-state index contributed by atoms with van der Waals surface area (Å²) in [6.07, 6.45) is 19.1. The first-order valence-electron chi connectivity index (χ1n) is 16.8. The predicted octanol–water partition coefficient (Wildman–Crippen LogP) is 7.47. The van der Waals surface area contributed by atoms with Crippen LogP contribution >= 0.6 is 0 Å². The second-order valence-corrected chi connectivity index (χ2v) is 12.3. The lowest BCUT2D eigenvalue weighted by molar-refractivity contribution is -0.120. The Morgan fingerprint density at radius 1 is 0.935 bits per heavy atom. The smallest absolute Gasteiger partial charge is 0.224 e. The molecule has 1 aliphatic carbocycles. The third-order valence-corrected chi connectivity index (χ3v) is 8.57. The Morgan fingerprint density at radius 3 is 2.54 bits per heavy atom. The van der Waals surface area contributed by atoms with Crippen molar-refractivity contribution in [3.05, 3.63) is 113 Å². The Morgan fingerprint density at radius 2 is 1.74 bits per heavy atom. The van der Waals surface area contributed by atoms with Crippen molar-refractivity contribution in [2.75, 3.05) is 25.9 Å². The van der Waals surface area contributed by atoms with Crippen LogP contribution in [0.3, 0.4) is 0 Å². The second-order valence-electron chi connectivity index (χ2n) is 12.3. The summed E-state index contributed by atoms with van der Waals surface area (Å²) in [7, 11) is 2.17. The van der Waals surface area contributed by atoms with Gasteiger partial charge < -0.3 is 20.5 Å². The van der Waals surface area contributed by atoms with Crippen LogP contribution in [0.25, 0.3) is 21.9 Å². The predicted molar refractivity (Wildman–Crippen MR) is 192 cm³/mol. The van der Waals surface area contributed by atoms with Crippen molar-refractivity contribution in [2.45, 2.75) is 71.9 Å². The van der Waals surface area contributed by atoms with E-state index in [1.807, 2.05) is 30.4 Å². The van der Waals surface area contributed by atoms with Crippen molar-refractivity contribution in [3.63, 3.8) is 0 Å². The number of hydrogen-bond donors (Lipinski definition) is 2. The number of hydrogen-bond acceptors (Lipinski definition) is 5.